The molecule has 0 spiro atoms. The molecule has 0 N–H and O–H groups in total. The minimum absolute atomic E-state index is 0.215. The number of terminal acetylenes is 1. The van der Waals surface area contributed by atoms with Gasteiger partial charge < -0.3 is 9.47 Å². The van der Waals surface area contributed by atoms with Crippen LogP contribution in [0.3, 0.4) is 0 Å². The number of nitrogens with zero attached hydrogens (tertiary/aromatic N) is 1. The lowest BCUT2D eigenvalue weighted by Gasteiger charge is -2.09. The molecule has 0 aliphatic rings. The first-order valence-electron chi connectivity index (χ1n) is 6.58. The number of rotatable bonds is 5. The molecule has 0 amide bonds. The third-order valence-corrected chi connectivity index (χ3v) is 2.90. The molecule has 0 saturated carbocycles. The maximum absolute atomic E-state index is 5.40. The molecule has 0 fully saturated rings. The average Bonchev–Trinajstić information content (AvgIpc) is 2.52. The van der Waals surface area contributed by atoms with Crippen LogP contribution in [0.5, 0.6) is 11.5 Å². The first-order valence-corrected chi connectivity index (χ1v) is 6.58. The van der Waals surface area contributed by atoms with Gasteiger partial charge >= 0.3 is 0 Å². The van der Waals surface area contributed by atoms with Crippen molar-refractivity contribution in [1.29, 1.82) is 0 Å². The van der Waals surface area contributed by atoms with Crippen LogP contribution >= 0.6 is 0 Å². The molecule has 3 nitrogen and oxygen atoms in total. The summed E-state index contributed by atoms with van der Waals surface area (Å²) in [5.41, 5.74) is 3.05. The number of hydrogen-bond donors (Lipinski definition) is 0. The largest absolute Gasteiger partial charge is 0.493 e. The Balaban J connectivity index is 2.17. The molecule has 0 saturated heterocycles. The van der Waals surface area contributed by atoms with Crippen molar-refractivity contribution < 1.29 is 9.47 Å². The summed E-state index contributed by atoms with van der Waals surface area (Å²) in [6.45, 7) is 2.26. The van der Waals surface area contributed by atoms with E-state index in [1.54, 1.807) is 13.3 Å². The van der Waals surface area contributed by atoms with Crippen molar-refractivity contribution in [3.63, 3.8) is 0 Å². The van der Waals surface area contributed by atoms with Gasteiger partial charge in [-0.05, 0) is 42.8 Å². The Hall–Kier alpha value is -2.73. The van der Waals surface area contributed by atoms with Crippen molar-refractivity contribution >= 4 is 11.9 Å². The fourth-order valence-electron chi connectivity index (χ4n) is 1.78. The molecule has 0 bridgehead atoms. The van der Waals surface area contributed by atoms with Gasteiger partial charge in [0.25, 0.3) is 0 Å². The van der Waals surface area contributed by atoms with Gasteiger partial charge in [-0.2, -0.15) is 0 Å². The van der Waals surface area contributed by atoms with E-state index in [0.29, 0.717) is 11.5 Å². The third-order valence-electron chi connectivity index (χ3n) is 2.90. The van der Waals surface area contributed by atoms with Crippen LogP contribution in [0.1, 0.15) is 11.1 Å². The second kappa shape index (κ2) is 7.16. The zero-order valence-electron chi connectivity index (χ0n) is 12.2. The molecule has 2 rings (SSSR count). The minimum atomic E-state index is 0.215. The lowest BCUT2D eigenvalue weighted by molar-refractivity contribution is 0.331. The van der Waals surface area contributed by atoms with Crippen LogP contribution in [-0.2, 0) is 0 Å². The molecule has 0 unspecified atom stereocenters. The summed E-state index contributed by atoms with van der Waals surface area (Å²) in [5, 5.41) is 0. The van der Waals surface area contributed by atoms with Gasteiger partial charge in [0.05, 0.1) is 12.8 Å². The summed E-state index contributed by atoms with van der Waals surface area (Å²) in [6, 6.07) is 13.6. The van der Waals surface area contributed by atoms with Crippen molar-refractivity contribution in [2.75, 3.05) is 13.7 Å². The van der Waals surface area contributed by atoms with Gasteiger partial charge in [0, 0.05) is 6.21 Å². The van der Waals surface area contributed by atoms with Crippen molar-refractivity contribution in [2.45, 2.75) is 6.92 Å². The van der Waals surface area contributed by atoms with E-state index < -0.39 is 0 Å². The number of benzene rings is 2. The Kier molecular flexibility index (Phi) is 5.00. The van der Waals surface area contributed by atoms with Crippen molar-refractivity contribution in [2.24, 2.45) is 4.99 Å². The van der Waals surface area contributed by atoms with Crippen molar-refractivity contribution in [3.8, 4) is 23.8 Å². The number of methoxy groups -OCH3 is 1. The van der Waals surface area contributed by atoms with E-state index in [1.165, 1.54) is 5.56 Å². The highest BCUT2D eigenvalue weighted by Crippen LogP contribution is 2.27. The highest BCUT2D eigenvalue weighted by atomic mass is 16.5. The summed E-state index contributed by atoms with van der Waals surface area (Å²) < 4.78 is 10.7. The smallest absolute Gasteiger partial charge is 0.162 e. The fourth-order valence-corrected chi connectivity index (χ4v) is 1.78. The minimum Gasteiger partial charge on any atom is -0.493 e. The first-order chi connectivity index (χ1) is 10.2. The zero-order chi connectivity index (χ0) is 15.1. The predicted molar refractivity (Wildman–Crippen MR) is 85.8 cm³/mol. The van der Waals surface area contributed by atoms with Crippen LogP contribution in [0.4, 0.5) is 5.69 Å². The van der Waals surface area contributed by atoms with E-state index in [9.17, 15) is 0 Å². The summed E-state index contributed by atoms with van der Waals surface area (Å²) in [4.78, 5) is 4.43. The van der Waals surface area contributed by atoms with Crippen LogP contribution in [0, 0.1) is 19.3 Å². The molecule has 3 heteroatoms. The third kappa shape index (κ3) is 4.12. The SMILES string of the molecule is C#CCOc1ccc(C=Nc2ccc(C)cc2)cc1OC. The second-order valence-electron chi connectivity index (χ2n) is 4.50. The standard InChI is InChI=1S/C18H17NO2/c1-4-11-21-17-10-7-15(12-18(17)20-3)13-19-16-8-5-14(2)6-9-16/h1,5-10,12-13H,11H2,2-3H3. The zero-order valence-corrected chi connectivity index (χ0v) is 12.2. The molecular weight excluding hydrogens is 262 g/mol. The monoisotopic (exact) mass is 279 g/mol. The molecular formula is C18H17NO2. The van der Waals surface area contributed by atoms with Crippen molar-refractivity contribution in [1.82, 2.24) is 0 Å². The molecule has 0 radical (unpaired) electrons. The Morgan fingerprint density at radius 3 is 2.57 bits per heavy atom. The predicted octanol–water partition coefficient (Wildman–Crippen LogP) is 3.77. The summed E-state index contributed by atoms with van der Waals surface area (Å²) in [7, 11) is 1.60. The molecule has 0 heterocycles. The second-order valence-corrected chi connectivity index (χ2v) is 4.50. The van der Waals surface area contributed by atoms with Crippen molar-refractivity contribution in [3.05, 3.63) is 53.6 Å². The number of ether oxygens (including phenoxy) is 2. The summed E-state index contributed by atoms with van der Waals surface area (Å²) in [6.07, 6.45) is 6.97. The molecule has 21 heavy (non-hydrogen) atoms. The maximum Gasteiger partial charge on any atom is 0.162 e. The van der Waals surface area contributed by atoms with Gasteiger partial charge in [0.2, 0.25) is 0 Å². The van der Waals surface area contributed by atoms with Gasteiger partial charge in [-0.1, -0.05) is 23.6 Å². The normalized spacial score (nSPS) is 10.3. The van der Waals surface area contributed by atoms with Gasteiger partial charge in [0.15, 0.2) is 11.5 Å². The van der Waals surface area contributed by atoms with E-state index in [4.69, 9.17) is 15.9 Å². The van der Waals surface area contributed by atoms with E-state index >= 15 is 0 Å². The average molecular weight is 279 g/mol. The van der Waals surface area contributed by atoms with Crippen LogP contribution < -0.4 is 9.47 Å². The topological polar surface area (TPSA) is 30.8 Å². The molecule has 2 aromatic carbocycles. The molecule has 0 atom stereocenters. The lowest BCUT2D eigenvalue weighted by atomic mass is 10.2. The van der Waals surface area contributed by atoms with Crippen LogP contribution in [0.2, 0.25) is 0 Å². The van der Waals surface area contributed by atoms with Crippen LogP contribution in [0.15, 0.2) is 47.5 Å². The Bertz CT molecular complexity index is 667. The maximum atomic E-state index is 5.40. The van der Waals surface area contributed by atoms with Gasteiger partial charge in [-0.25, -0.2) is 0 Å². The molecule has 0 aromatic heterocycles. The Morgan fingerprint density at radius 2 is 1.90 bits per heavy atom. The van der Waals surface area contributed by atoms with E-state index in [-0.39, 0.29) is 6.61 Å². The van der Waals surface area contributed by atoms with Crippen LogP contribution in [0.25, 0.3) is 0 Å². The summed E-state index contributed by atoms with van der Waals surface area (Å²) >= 11 is 0. The van der Waals surface area contributed by atoms with Gasteiger partial charge in [0.1, 0.15) is 6.61 Å². The Labute approximate surface area is 125 Å². The van der Waals surface area contributed by atoms with Gasteiger partial charge in [-0.15, -0.1) is 6.42 Å². The first kappa shape index (κ1) is 14.7. The molecule has 0 aliphatic carbocycles. The molecule has 0 aliphatic heterocycles. The number of aryl methyl sites for hydroxylation is 1. The highest BCUT2D eigenvalue weighted by molar-refractivity contribution is 5.83. The van der Waals surface area contributed by atoms with E-state index in [1.807, 2.05) is 49.4 Å². The molecule has 2 aromatic rings. The van der Waals surface area contributed by atoms with E-state index in [2.05, 4.69) is 10.9 Å². The molecule has 106 valence electrons. The summed E-state index contributed by atoms with van der Waals surface area (Å²) in [5.74, 6) is 3.69. The Morgan fingerprint density at radius 1 is 1.14 bits per heavy atom. The lowest BCUT2D eigenvalue weighted by Crippen LogP contribution is -1.97. The quantitative estimate of drug-likeness (QED) is 0.616. The fraction of sp³-hybridized carbons (Fsp3) is 0.167. The number of aliphatic imine (C=N–C) groups is 1. The van der Waals surface area contributed by atoms with Crippen LogP contribution in [-0.4, -0.2) is 19.9 Å². The van der Waals surface area contributed by atoms with E-state index in [0.717, 1.165) is 11.3 Å². The highest BCUT2D eigenvalue weighted by Gasteiger charge is 2.04. The number of hydrogen-bond acceptors (Lipinski definition) is 3. The van der Waals surface area contributed by atoms with Gasteiger partial charge in [-0.3, -0.25) is 4.99 Å².